The minimum Gasteiger partial charge on any atom is -0.493 e. The Kier molecular flexibility index (Phi) is 4.41. The van der Waals surface area contributed by atoms with Gasteiger partial charge in [-0.2, -0.15) is 5.26 Å². The molecule has 0 radical (unpaired) electrons. The van der Waals surface area contributed by atoms with Crippen LogP contribution in [-0.2, 0) is 0 Å². The van der Waals surface area contributed by atoms with Gasteiger partial charge in [-0.25, -0.2) is 4.39 Å². The third kappa shape index (κ3) is 3.12. The van der Waals surface area contributed by atoms with Gasteiger partial charge in [0.05, 0.1) is 24.8 Å². The quantitative estimate of drug-likeness (QED) is 0.934. The van der Waals surface area contributed by atoms with Crippen LogP contribution in [0.4, 0.5) is 4.39 Å². The third-order valence-electron chi connectivity index (χ3n) is 2.95. The second-order valence-corrected chi connectivity index (χ2v) is 4.41. The predicted octanol–water partition coefficient (Wildman–Crippen LogP) is 3.55. The average Bonchev–Trinajstić information content (AvgIpc) is 2.49. The van der Waals surface area contributed by atoms with Crippen molar-refractivity contribution in [3.8, 4) is 23.3 Å². The van der Waals surface area contributed by atoms with Crippen molar-refractivity contribution >= 4 is 0 Å². The van der Waals surface area contributed by atoms with Crippen LogP contribution in [0.15, 0.2) is 36.4 Å². The maximum Gasteiger partial charge on any atom is 0.169 e. The molecule has 0 aliphatic heterocycles. The Morgan fingerprint density at radius 1 is 1.24 bits per heavy atom. The molecular formula is C16H14FNO3. The first-order valence-corrected chi connectivity index (χ1v) is 6.29. The van der Waals surface area contributed by atoms with Gasteiger partial charge in [0.15, 0.2) is 23.1 Å². The van der Waals surface area contributed by atoms with Crippen molar-refractivity contribution in [3.63, 3.8) is 0 Å². The minimum atomic E-state index is -0.875. The molecule has 0 unspecified atom stereocenters. The van der Waals surface area contributed by atoms with Gasteiger partial charge in [0, 0.05) is 11.6 Å². The highest BCUT2D eigenvalue weighted by atomic mass is 19.1. The highest BCUT2D eigenvalue weighted by molar-refractivity contribution is 5.50. The van der Waals surface area contributed by atoms with Gasteiger partial charge in [-0.3, -0.25) is 0 Å². The van der Waals surface area contributed by atoms with Crippen molar-refractivity contribution in [3.05, 3.63) is 53.3 Å². The highest BCUT2D eigenvalue weighted by Gasteiger charge is 2.16. The fourth-order valence-electron chi connectivity index (χ4n) is 1.89. The lowest BCUT2D eigenvalue weighted by Gasteiger charge is -2.15. The third-order valence-corrected chi connectivity index (χ3v) is 2.95. The van der Waals surface area contributed by atoms with Crippen molar-refractivity contribution in [1.29, 1.82) is 5.26 Å². The Bertz CT molecular complexity index is 692. The molecule has 4 nitrogen and oxygen atoms in total. The Morgan fingerprint density at radius 3 is 2.62 bits per heavy atom. The molecule has 0 aliphatic rings. The van der Waals surface area contributed by atoms with Crippen LogP contribution >= 0.6 is 0 Å². The molecule has 2 aromatic carbocycles. The summed E-state index contributed by atoms with van der Waals surface area (Å²) in [5.74, 6) is -0.0623. The normalized spacial score (nSPS) is 11.6. The molecule has 2 aromatic rings. The molecule has 21 heavy (non-hydrogen) atoms. The molecule has 0 saturated heterocycles. The maximum absolute atomic E-state index is 13.9. The first-order valence-electron chi connectivity index (χ1n) is 6.29. The van der Waals surface area contributed by atoms with Crippen LogP contribution < -0.4 is 9.47 Å². The fraction of sp³-hybridized carbons (Fsp3) is 0.188. The first-order chi connectivity index (χ1) is 10.1. The van der Waals surface area contributed by atoms with Crippen molar-refractivity contribution < 1.29 is 19.0 Å². The number of aliphatic hydroxyl groups is 1. The molecule has 0 aliphatic carbocycles. The molecule has 0 saturated carbocycles. The van der Waals surface area contributed by atoms with Gasteiger partial charge >= 0.3 is 0 Å². The van der Waals surface area contributed by atoms with Gasteiger partial charge < -0.3 is 14.6 Å². The lowest BCUT2D eigenvalue weighted by Crippen LogP contribution is -2.00. The van der Waals surface area contributed by atoms with Crippen molar-refractivity contribution in [1.82, 2.24) is 0 Å². The molecule has 1 atom stereocenters. The molecule has 108 valence electrons. The molecule has 1 N–H and O–H groups in total. The van der Waals surface area contributed by atoms with Crippen LogP contribution in [0.5, 0.6) is 17.2 Å². The largest absolute Gasteiger partial charge is 0.493 e. The van der Waals surface area contributed by atoms with Gasteiger partial charge in [0.25, 0.3) is 0 Å². The lowest BCUT2D eigenvalue weighted by atomic mass is 10.1. The zero-order chi connectivity index (χ0) is 15.4. The number of hydrogen-bond acceptors (Lipinski definition) is 4. The Morgan fingerprint density at radius 2 is 2.00 bits per heavy atom. The van der Waals surface area contributed by atoms with Crippen LogP contribution in [-0.4, -0.2) is 12.2 Å². The Balaban J connectivity index is 2.46. The smallest absolute Gasteiger partial charge is 0.169 e. The van der Waals surface area contributed by atoms with E-state index in [2.05, 4.69) is 0 Å². The monoisotopic (exact) mass is 287 g/mol. The molecule has 0 heterocycles. The van der Waals surface area contributed by atoms with Crippen LogP contribution in [0.2, 0.25) is 0 Å². The summed E-state index contributed by atoms with van der Waals surface area (Å²) in [4.78, 5) is 0. The van der Waals surface area contributed by atoms with Crippen LogP contribution in [0.1, 0.15) is 24.2 Å². The molecule has 0 amide bonds. The van der Waals surface area contributed by atoms with Gasteiger partial charge in [-0.15, -0.1) is 0 Å². The highest BCUT2D eigenvalue weighted by Crippen LogP contribution is 2.37. The van der Waals surface area contributed by atoms with E-state index in [1.807, 2.05) is 6.07 Å². The maximum atomic E-state index is 13.9. The molecule has 0 aromatic heterocycles. The number of ether oxygens (including phenoxy) is 2. The number of methoxy groups -OCH3 is 1. The molecule has 2 rings (SSSR count). The van der Waals surface area contributed by atoms with Gasteiger partial charge in [0.2, 0.25) is 0 Å². The summed E-state index contributed by atoms with van der Waals surface area (Å²) in [6, 6.07) is 10.9. The number of rotatable bonds is 4. The van der Waals surface area contributed by atoms with E-state index in [4.69, 9.17) is 14.7 Å². The van der Waals surface area contributed by atoms with Crippen LogP contribution in [0, 0.1) is 17.1 Å². The molecular weight excluding hydrogens is 273 g/mol. The van der Waals surface area contributed by atoms with E-state index in [-0.39, 0.29) is 11.5 Å². The topological polar surface area (TPSA) is 62.5 Å². The van der Waals surface area contributed by atoms with Crippen molar-refractivity contribution in [2.75, 3.05) is 7.11 Å². The zero-order valence-electron chi connectivity index (χ0n) is 11.6. The summed E-state index contributed by atoms with van der Waals surface area (Å²) >= 11 is 0. The second-order valence-electron chi connectivity index (χ2n) is 4.41. The SMILES string of the molecule is COc1cc(C#N)ccc1Oc1c(F)cccc1[C@H](C)O. The van der Waals surface area contributed by atoms with Gasteiger partial charge in [0.1, 0.15) is 0 Å². The first kappa shape index (κ1) is 14.8. The number of halogens is 1. The number of para-hydroxylation sites is 1. The number of nitriles is 1. The summed E-state index contributed by atoms with van der Waals surface area (Å²) in [5, 5.41) is 18.6. The molecule has 5 heteroatoms. The Labute approximate surface area is 122 Å². The summed E-state index contributed by atoms with van der Waals surface area (Å²) in [6.07, 6.45) is -0.875. The zero-order valence-corrected chi connectivity index (χ0v) is 11.6. The average molecular weight is 287 g/mol. The number of hydrogen-bond donors (Lipinski definition) is 1. The van der Waals surface area contributed by atoms with E-state index in [1.165, 1.54) is 38.3 Å². The van der Waals surface area contributed by atoms with Crippen molar-refractivity contribution in [2.45, 2.75) is 13.0 Å². The number of benzene rings is 2. The molecule has 0 spiro atoms. The van der Waals surface area contributed by atoms with E-state index in [0.717, 1.165) is 0 Å². The Hall–Kier alpha value is -2.58. The summed E-state index contributed by atoms with van der Waals surface area (Å²) < 4.78 is 24.6. The van der Waals surface area contributed by atoms with Gasteiger partial charge in [-0.1, -0.05) is 12.1 Å². The second kappa shape index (κ2) is 6.25. The molecule has 0 fully saturated rings. The standard InChI is InChI=1S/C16H14FNO3/c1-10(19)12-4-3-5-13(17)16(12)21-14-7-6-11(9-18)8-15(14)20-2/h3-8,10,19H,1-2H3/t10-/m0/s1. The summed E-state index contributed by atoms with van der Waals surface area (Å²) in [7, 11) is 1.43. The van der Waals surface area contributed by atoms with Gasteiger partial charge in [-0.05, 0) is 25.1 Å². The number of nitrogens with zero attached hydrogens (tertiary/aromatic N) is 1. The van der Waals surface area contributed by atoms with E-state index in [1.54, 1.807) is 12.1 Å². The summed E-state index contributed by atoms with van der Waals surface area (Å²) in [5.41, 5.74) is 0.741. The molecule has 0 bridgehead atoms. The van der Waals surface area contributed by atoms with E-state index >= 15 is 0 Å². The van der Waals surface area contributed by atoms with E-state index < -0.39 is 11.9 Å². The predicted molar refractivity (Wildman–Crippen MR) is 74.8 cm³/mol. The van der Waals surface area contributed by atoms with Crippen LogP contribution in [0.25, 0.3) is 0 Å². The van der Waals surface area contributed by atoms with E-state index in [0.29, 0.717) is 16.9 Å². The fourth-order valence-corrected chi connectivity index (χ4v) is 1.89. The van der Waals surface area contributed by atoms with Crippen molar-refractivity contribution in [2.24, 2.45) is 0 Å². The van der Waals surface area contributed by atoms with Crippen LogP contribution in [0.3, 0.4) is 0 Å². The minimum absolute atomic E-state index is 0.0597. The summed E-state index contributed by atoms with van der Waals surface area (Å²) in [6.45, 7) is 1.53. The number of aliphatic hydroxyl groups excluding tert-OH is 1. The van der Waals surface area contributed by atoms with E-state index in [9.17, 15) is 9.50 Å². The lowest BCUT2D eigenvalue weighted by molar-refractivity contribution is 0.194.